The highest BCUT2D eigenvalue weighted by atomic mass is 16.5. The van der Waals surface area contributed by atoms with Gasteiger partial charge in [0, 0.05) is 24.5 Å². The SMILES string of the molecule is c1ccc(-c2cnccn2)c(OCC2=NCCN2)c1. The summed E-state index contributed by atoms with van der Waals surface area (Å²) in [5.41, 5.74) is 1.74. The molecule has 96 valence electrons. The fourth-order valence-electron chi connectivity index (χ4n) is 1.93. The largest absolute Gasteiger partial charge is 0.485 e. The Morgan fingerprint density at radius 3 is 2.95 bits per heavy atom. The summed E-state index contributed by atoms with van der Waals surface area (Å²) in [5.74, 6) is 1.69. The Kier molecular flexibility index (Phi) is 3.36. The van der Waals surface area contributed by atoms with Crippen molar-refractivity contribution in [3.63, 3.8) is 0 Å². The first-order chi connectivity index (χ1) is 9.43. The quantitative estimate of drug-likeness (QED) is 0.898. The Labute approximate surface area is 111 Å². The van der Waals surface area contributed by atoms with Crippen molar-refractivity contribution < 1.29 is 4.74 Å². The van der Waals surface area contributed by atoms with E-state index >= 15 is 0 Å². The highest BCUT2D eigenvalue weighted by molar-refractivity contribution is 5.85. The number of rotatable bonds is 4. The van der Waals surface area contributed by atoms with Crippen LogP contribution in [0.5, 0.6) is 5.75 Å². The smallest absolute Gasteiger partial charge is 0.145 e. The van der Waals surface area contributed by atoms with E-state index < -0.39 is 0 Å². The Hall–Kier alpha value is -2.43. The molecule has 5 nitrogen and oxygen atoms in total. The lowest BCUT2D eigenvalue weighted by Crippen LogP contribution is -2.25. The number of nitrogens with one attached hydrogen (secondary N) is 1. The van der Waals surface area contributed by atoms with Crippen molar-refractivity contribution in [1.29, 1.82) is 0 Å². The van der Waals surface area contributed by atoms with Crippen LogP contribution in [0.4, 0.5) is 0 Å². The maximum Gasteiger partial charge on any atom is 0.145 e. The van der Waals surface area contributed by atoms with Gasteiger partial charge in [0.2, 0.25) is 0 Å². The topological polar surface area (TPSA) is 59.4 Å². The lowest BCUT2D eigenvalue weighted by Gasteiger charge is -2.10. The van der Waals surface area contributed by atoms with E-state index in [-0.39, 0.29) is 0 Å². The van der Waals surface area contributed by atoms with Crippen LogP contribution >= 0.6 is 0 Å². The minimum atomic E-state index is 0.456. The van der Waals surface area contributed by atoms with Crippen molar-refractivity contribution in [2.45, 2.75) is 0 Å². The van der Waals surface area contributed by atoms with E-state index in [2.05, 4.69) is 20.3 Å². The van der Waals surface area contributed by atoms with E-state index in [9.17, 15) is 0 Å². The molecule has 1 aliphatic heterocycles. The number of aliphatic imine (C=N–C) groups is 1. The molecule has 1 aliphatic rings. The van der Waals surface area contributed by atoms with Gasteiger partial charge in [0.15, 0.2) is 0 Å². The zero-order valence-electron chi connectivity index (χ0n) is 10.4. The second kappa shape index (κ2) is 5.48. The number of para-hydroxylation sites is 1. The lowest BCUT2D eigenvalue weighted by molar-refractivity contribution is 0.375. The van der Waals surface area contributed by atoms with Crippen molar-refractivity contribution in [3.8, 4) is 17.0 Å². The summed E-state index contributed by atoms with van der Waals surface area (Å²) in [6.07, 6.45) is 5.06. The van der Waals surface area contributed by atoms with Gasteiger partial charge in [-0.3, -0.25) is 15.0 Å². The van der Waals surface area contributed by atoms with Crippen LogP contribution in [0.15, 0.2) is 47.8 Å². The number of nitrogens with zero attached hydrogens (tertiary/aromatic N) is 3. The molecule has 3 rings (SSSR count). The van der Waals surface area contributed by atoms with Crippen LogP contribution < -0.4 is 10.1 Å². The fourth-order valence-corrected chi connectivity index (χ4v) is 1.93. The highest BCUT2D eigenvalue weighted by Crippen LogP contribution is 2.27. The van der Waals surface area contributed by atoms with Crippen molar-refractivity contribution in [3.05, 3.63) is 42.9 Å². The van der Waals surface area contributed by atoms with Crippen LogP contribution in [-0.4, -0.2) is 35.5 Å². The van der Waals surface area contributed by atoms with Crippen molar-refractivity contribution in [2.75, 3.05) is 19.7 Å². The molecule has 0 bridgehead atoms. The first-order valence-electron chi connectivity index (χ1n) is 6.19. The predicted octanol–water partition coefficient (Wildman–Crippen LogP) is 1.52. The van der Waals surface area contributed by atoms with Gasteiger partial charge in [-0.2, -0.15) is 0 Å². The molecule has 1 aromatic heterocycles. The molecule has 0 unspecified atom stereocenters. The van der Waals surface area contributed by atoms with Gasteiger partial charge < -0.3 is 10.1 Å². The molecule has 0 amide bonds. The van der Waals surface area contributed by atoms with Crippen LogP contribution in [0.25, 0.3) is 11.3 Å². The van der Waals surface area contributed by atoms with Crippen LogP contribution in [0.1, 0.15) is 0 Å². The molecular weight excluding hydrogens is 240 g/mol. The molecule has 0 spiro atoms. The molecule has 2 aromatic rings. The third-order valence-corrected chi connectivity index (χ3v) is 2.83. The van der Waals surface area contributed by atoms with E-state index in [0.29, 0.717) is 6.61 Å². The third-order valence-electron chi connectivity index (χ3n) is 2.83. The van der Waals surface area contributed by atoms with Gasteiger partial charge in [0.1, 0.15) is 18.2 Å². The molecule has 0 aliphatic carbocycles. The van der Waals surface area contributed by atoms with E-state index in [1.165, 1.54) is 0 Å². The molecule has 0 saturated heterocycles. The van der Waals surface area contributed by atoms with Gasteiger partial charge in [0.05, 0.1) is 18.4 Å². The van der Waals surface area contributed by atoms with E-state index in [0.717, 1.165) is 35.9 Å². The van der Waals surface area contributed by atoms with Gasteiger partial charge in [-0.25, -0.2) is 0 Å². The predicted molar refractivity (Wildman–Crippen MR) is 73.3 cm³/mol. The van der Waals surface area contributed by atoms with Gasteiger partial charge in [-0.05, 0) is 12.1 Å². The monoisotopic (exact) mass is 254 g/mol. The van der Waals surface area contributed by atoms with Crippen LogP contribution in [0.2, 0.25) is 0 Å². The molecule has 1 N–H and O–H groups in total. The summed E-state index contributed by atoms with van der Waals surface area (Å²) in [6, 6.07) is 7.81. The molecular formula is C14H14N4O. The standard InChI is InChI=1S/C14H14N4O/c1-2-4-13(19-10-14-17-7-8-18-14)11(3-1)12-9-15-5-6-16-12/h1-6,9H,7-8,10H2,(H,17,18). The van der Waals surface area contributed by atoms with E-state index in [4.69, 9.17) is 4.74 Å². The zero-order chi connectivity index (χ0) is 12.9. The molecule has 0 fully saturated rings. The Morgan fingerprint density at radius 1 is 1.21 bits per heavy atom. The maximum absolute atomic E-state index is 5.81. The molecule has 0 radical (unpaired) electrons. The van der Waals surface area contributed by atoms with E-state index in [1.54, 1.807) is 18.6 Å². The maximum atomic E-state index is 5.81. The van der Waals surface area contributed by atoms with Gasteiger partial charge in [-0.1, -0.05) is 12.1 Å². The van der Waals surface area contributed by atoms with Gasteiger partial charge in [-0.15, -0.1) is 0 Å². The molecule has 1 aromatic carbocycles. The number of benzene rings is 1. The number of hydrogen-bond acceptors (Lipinski definition) is 5. The average molecular weight is 254 g/mol. The van der Waals surface area contributed by atoms with Crippen molar-refractivity contribution in [1.82, 2.24) is 15.3 Å². The summed E-state index contributed by atoms with van der Waals surface area (Å²) >= 11 is 0. The first-order valence-corrected chi connectivity index (χ1v) is 6.19. The Balaban J connectivity index is 1.81. The number of ether oxygens (including phenoxy) is 1. The van der Waals surface area contributed by atoms with Crippen LogP contribution in [-0.2, 0) is 0 Å². The molecule has 2 heterocycles. The molecule has 0 atom stereocenters. The Bertz CT molecular complexity index is 583. The minimum Gasteiger partial charge on any atom is -0.485 e. The number of aromatic nitrogens is 2. The molecule has 5 heteroatoms. The normalized spacial score (nSPS) is 13.8. The molecule has 0 saturated carbocycles. The first kappa shape index (κ1) is 11.6. The van der Waals surface area contributed by atoms with Crippen molar-refractivity contribution >= 4 is 5.84 Å². The number of amidine groups is 1. The summed E-state index contributed by atoms with van der Waals surface area (Å²) < 4.78 is 5.81. The fraction of sp³-hybridized carbons (Fsp3) is 0.214. The second-order valence-electron chi connectivity index (χ2n) is 4.13. The highest BCUT2D eigenvalue weighted by Gasteiger charge is 2.10. The lowest BCUT2D eigenvalue weighted by atomic mass is 10.1. The van der Waals surface area contributed by atoms with E-state index in [1.807, 2.05) is 24.3 Å². The second-order valence-corrected chi connectivity index (χ2v) is 4.13. The Morgan fingerprint density at radius 2 is 2.16 bits per heavy atom. The summed E-state index contributed by atoms with van der Waals surface area (Å²) in [6.45, 7) is 2.17. The summed E-state index contributed by atoms with van der Waals surface area (Å²) in [7, 11) is 0. The average Bonchev–Trinajstić information content (AvgIpc) is 3.00. The zero-order valence-corrected chi connectivity index (χ0v) is 10.4. The van der Waals surface area contributed by atoms with Gasteiger partial charge in [0.25, 0.3) is 0 Å². The summed E-state index contributed by atoms with van der Waals surface area (Å²) in [4.78, 5) is 12.7. The third kappa shape index (κ3) is 2.70. The molecule has 19 heavy (non-hydrogen) atoms. The summed E-state index contributed by atoms with van der Waals surface area (Å²) in [5, 5.41) is 3.18. The van der Waals surface area contributed by atoms with Crippen LogP contribution in [0.3, 0.4) is 0 Å². The number of hydrogen-bond donors (Lipinski definition) is 1. The van der Waals surface area contributed by atoms with Gasteiger partial charge >= 0.3 is 0 Å². The van der Waals surface area contributed by atoms with Crippen LogP contribution in [0, 0.1) is 0 Å². The van der Waals surface area contributed by atoms with Crippen molar-refractivity contribution in [2.24, 2.45) is 4.99 Å². The minimum absolute atomic E-state index is 0.456.